The molecule has 1 aliphatic heterocycles. The fourth-order valence-electron chi connectivity index (χ4n) is 1.83. The Morgan fingerprint density at radius 2 is 2.05 bits per heavy atom. The van der Waals surface area contributed by atoms with Crippen molar-refractivity contribution in [1.82, 2.24) is 5.32 Å². The molecular weight excluding hydrogens is 242 g/mol. The van der Waals surface area contributed by atoms with Crippen molar-refractivity contribution in [3.8, 4) is 11.5 Å². The summed E-state index contributed by atoms with van der Waals surface area (Å²) in [4.78, 5) is 4.31. The molecule has 0 unspecified atom stereocenters. The first-order valence-corrected chi connectivity index (χ1v) is 6.41. The van der Waals surface area contributed by atoms with Crippen LogP contribution in [0, 0.1) is 0 Å². The molecule has 0 spiro atoms. The Balaban J connectivity index is 1.87. The van der Waals surface area contributed by atoms with Crippen LogP contribution in [0.3, 0.4) is 0 Å². The Morgan fingerprint density at radius 1 is 1.32 bits per heavy atom. The zero-order valence-corrected chi connectivity index (χ0v) is 11.7. The molecule has 0 fully saturated rings. The predicted molar refractivity (Wildman–Crippen MR) is 75.6 cm³/mol. The summed E-state index contributed by atoms with van der Waals surface area (Å²) in [6.07, 6.45) is 0.823. The van der Waals surface area contributed by atoms with E-state index < -0.39 is 0 Å². The summed E-state index contributed by atoms with van der Waals surface area (Å²) in [6.45, 7) is 7.10. The number of benzene rings is 1. The fraction of sp³-hybridized carbons (Fsp3) is 0.500. The van der Waals surface area contributed by atoms with Gasteiger partial charge in [0, 0.05) is 12.1 Å². The first-order valence-electron chi connectivity index (χ1n) is 6.41. The second-order valence-corrected chi connectivity index (χ2v) is 5.58. The van der Waals surface area contributed by atoms with E-state index in [1.165, 1.54) is 0 Å². The lowest BCUT2D eigenvalue weighted by Crippen LogP contribution is -2.45. The van der Waals surface area contributed by atoms with Gasteiger partial charge in [-0.15, -0.1) is 0 Å². The zero-order chi connectivity index (χ0) is 13.9. The molecule has 19 heavy (non-hydrogen) atoms. The molecule has 0 bridgehead atoms. The molecule has 0 amide bonds. The average molecular weight is 263 g/mol. The summed E-state index contributed by atoms with van der Waals surface area (Å²) in [5.74, 6) is 2.09. The number of guanidine groups is 1. The minimum atomic E-state index is -0.0632. The largest absolute Gasteiger partial charge is 0.454 e. The number of nitrogens with two attached hydrogens (primary N) is 1. The van der Waals surface area contributed by atoms with Gasteiger partial charge in [-0.3, -0.25) is 4.99 Å². The highest BCUT2D eigenvalue weighted by molar-refractivity contribution is 5.78. The summed E-state index contributed by atoms with van der Waals surface area (Å²) in [6, 6.07) is 5.94. The van der Waals surface area contributed by atoms with Crippen molar-refractivity contribution in [3.05, 3.63) is 23.8 Å². The number of rotatable bonds is 3. The molecular formula is C14H21N3O2. The maximum atomic E-state index is 5.81. The minimum absolute atomic E-state index is 0.0632. The van der Waals surface area contributed by atoms with Crippen LogP contribution >= 0.6 is 0 Å². The van der Waals surface area contributed by atoms with Gasteiger partial charge in [-0.1, -0.05) is 6.07 Å². The summed E-state index contributed by atoms with van der Waals surface area (Å²) >= 11 is 0. The van der Waals surface area contributed by atoms with Crippen molar-refractivity contribution >= 4 is 5.96 Å². The van der Waals surface area contributed by atoms with Gasteiger partial charge >= 0.3 is 0 Å². The molecule has 1 aromatic carbocycles. The molecule has 0 saturated carbocycles. The lowest BCUT2D eigenvalue weighted by molar-refractivity contribution is 0.174. The standard InChI is InChI=1S/C14H21N3O2/c1-14(2,3)17-13(15)16-7-6-10-4-5-11-12(8-10)19-9-18-11/h4-5,8H,6-7,9H2,1-3H3,(H3,15,16,17). The average Bonchev–Trinajstić information content (AvgIpc) is 2.73. The topological polar surface area (TPSA) is 68.9 Å². The maximum Gasteiger partial charge on any atom is 0.231 e. The number of nitrogens with one attached hydrogen (secondary N) is 1. The minimum Gasteiger partial charge on any atom is -0.454 e. The Hall–Kier alpha value is -1.91. The molecule has 0 aromatic heterocycles. The fourth-order valence-corrected chi connectivity index (χ4v) is 1.83. The third kappa shape index (κ3) is 4.05. The van der Waals surface area contributed by atoms with Crippen LogP contribution in [0.2, 0.25) is 0 Å². The molecule has 0 aliphatic carbocycles. The van der Waals surface area contributed by atoms with Gasteiger partial charge in [0.25, 0.3) is 0 Å². The van der Waals surface area contributed by atoms with Crippen molar-refractivity contribution in [2.75, 3.05) is 13.3 Å². The van der Waals surface area contributed by atoms with E-state index in [-0.39, 0.29) is 5.54 Å². The SMILES string of the molecule is CC(C)(C)NC(N)=NCCc1ccc2c(c1)OCO2. The van der Waals surface area contributed by atoms with Crippen LogP contribution in [-0.4, -0.2) is 24.8 Å². The van der Waals surface area contributed by atoms with E-state index in [0.717, 1.165) is 23.5 Å². The van der Waals surface area contributed by atoms with Gasteiger partial charge in [0.15, 0.2) is 17.5 Å². The molecule has 104 valence electrons. The molecule has 0 saturated heterocycles. The van der Waals surface area contributed by atoms with E-state index in [1.807, 2.05) is 39.0 Å². The summed E-state index contributed by atoms with van der Waals surface area (Å²) in [7, 11) is 0. The second kappa shape index (κ2) is 5.38. The number of ether oxygens (including phenoxy) is 2. The Bertz CT molecular complexity index is 478. The number of hydrogen-bond donors (Lipinski definition) is 2. The molecule has 1 aromatic rings. The van der Waals surface area contributed by atoms with Gasteiger partial charge in [-0.05, 0) is 44.9 Å². The molecule has 3 N–H and O–H groups in total. The Labute approximate surface area is 113 Å². The van der Waals surface area contributed by atoms with E-state index in [0.29, 0.717) is 19.3 Å². The molecule has 1 aliphatic rings. The highest BCUT2D eigenvalue weighted by Crippen LogP contribution is 2.32. The molecule has 0 radical (unpaired) electrons. The highest BCUT2D eigenvalue weighted by atomic mass is 16.7. The molecule has 5 heteroatoms. The number of aliphatic imine (C=N–C) groups is 1. The Morgan fingerprint density at radius 3 is 2.79 bits per heavy atom. The monoisotopic (exact) mass is 263 g/mol. The third-order valence-corrected chi connectivity index (χ3v) is 2.62. The maximum absolute atomic E-state index is 5.81. The quantitative estimate of drug-likeness (QED) is 0.643. The first-order chi connectivity index (χ1) is 8.94. The van der Waals surface area contributed by atoms with Crippen molar-refractivity contribution in [2.24, 2.45) is 10.7 Å². The lowest BCUT2D eigenvalue weighted by Gasteiger charge is -2.20. The van der Waals surface area contributed by atoms with Crippen LogP contribution in [0.1, 0.15) is 26.3 Å². The summed E-state index contributed by atoms with van der Waals surface area (Å²) in [5, 5.41) is 3.13. The van der Waals surface area contributed by atoms with Crippen LogP contribution in [0.4, 0.5) is 0 Å². The Kier molecular flexibility index (Phi) is 3.83. The molecule has 5 nitrogen and oxygen atoms in total. The van der Waals surface area contributed by atoms with Crippen LogP contribution in [0.15, 0.2) is 23.2 Å². The van der Waals surface area contributed by atoms with Crippen LogP contribution in [0.25, 0.3) is 0 Å². The lowest BCUT2D eigenvalue weighted by atomic mass is 10.1. The van der Waals surface area contributed by atoms with Crippen LogP contribution < -0.4 is 20.5 Å². The number of nitrogens with zero attached hydrogens (tertiary/aromatic N) is 1. The van der Waals surface area contributed by atoms with E-state index in [4.69, 9.17) is 15.2 Å². The number of hydrogen-bond acceptors (Lipinski definition) is 3. The van der Waals surface area contributed by atoms with E-state index in [9.17, 15) is 0 Å². The smallest absolute Gasteiger partial charge is 0.231 e. The van der Waals surface area contributed by atoms with Gasteiger partial charge < -0.3 is 20.5 Å². The van der Waals surface area contributed by atoms with Crippen molar-refractivity contribution in [2.45, 2.75) is 32.7 Å². The van der Waals surface area contributed by atoms with Crippen molar-refractivity contribution < 1.29 is 9.47 Å². The normalized spacial score (nSPS) is 14.6. The van der Waals surface area contributed by atoms with Gasteiger partial charge in [0.1, 0.15) is 0 Å². The summed E-state index contributed by atoms with van der Waals surface area (Å²) < 4.78 is 10.6. The van der Waals surface area contributed by atoms with Crippen LogP contribution in [-0.2, 0) is 6.42 Å². The highest BCUT2D eigenvalue weighted by Gasteiger charge is 2.13. The van der Waals surface area contributed by atoms with Crippen molar-refractivity contribution in [1.29, 1.82) is 0 Å². The number of fused-ring (bicyclic) bond motifs is 1. The predicted octanol–water partition coefficient (Wildman–Crippen LogP) is 1.66. The first kappa shape index (κ1) is 13.5. The van der Waals surface area contributed by atoms with Gasteiger partial charge in [0.05, 0.1) is 0 Å². The van der Waals surface area contributed by atoms with E-state index in [1.54, 1.807) is 0 Å². The van der Waals surface area contributed by atoms with Crippen LogP contribution in [0.5, 0.6) is 11.5 Å². The van der Waals surface area contributed by atoms with E-state index >= 15 is 0 Å². The molecule has 0 atom stereocenters. The summed E-state index contributed by atoms with van der Waals surface area (Å²) in [5.41, 5.74) is 6.91. The van der Waals surface area contributed by atoms with Crippen molar-refractivity contribution in [3.63, 3.8) is 0 Å². The third-order valence-electron chi connectivity index (χ3n) is 2.62. The van der Waals surface area contributed by atoms with E-state index in [2.05, 4.69) is 10.3 Å². The van der Waals surface area contributed by atoms with Gasteiger partial charge in [0.2, 0.25) is 6.79 Å². The van der Waals surface area contributed by atoms with Gasteiger partial charge in [-0.2, -0.15) is 0 Å². The molecule has 1 heterocycles. The second-order valence-electron chi connectivity index (χ2n) is 5.58. The molecule has 2 rings (SSSR count). The van der Waals surface area contributed by atoms with Gasteiger partial charge in [-0.25, -0.2) is 0 Å². The zero-order valence-electron chi connectivity index (χ0n) is 11.7.